The fraction of sp³-hybridized carbons (Fsp3) is 0.250. The highest BCUT2D eigenvalue weighted by molar-refractivity contribution is 8.13. The second-order valence-electron chi connectivity index (χ2n) is 3.24. The van der Waals surface area contributed by atoms with Crippen LogP contribution in [-0.4, -0.2) is 21.1 Å². The van der Waals surface area contributed by atoms with E-state index in [1.54, 1.807) is 12.1 Å². The highest BCUT2D eigenvalue weighted by atomic mass is 32.2. The van der Waals surface area contributed by atoms with Crippen molar-refractivity contribution in [2.75, 3.05) is 5.75 Å². The summed E-state index contributed by atoms with van der Waals surface area (Å²) >= 11 is 1.26. The molecular formula is C12H14O3S. The van der Waals surface area contributed by atoms with Gasteiger partial charge in [-0.3, -0.25) is 4.79 Å². The second-order valence-corrected chi connectivity index (χ2v) is 4.51. The predicted molar refractivity (Wildman–Crippen MR) is 66.6 cm³/mol. The van der Waals surface area contributed by atoms with Crippen LogP contribution in [0, 0.1) is 0 Å². The lowest BCUT2D eigenvalue weighted by molar-refractivity contribution is -0.109. The SMILES string of the molecule is CC(=O)SCCC=Cc1c(O)cccc1O. The molecule has 0 amide bonds. The Bertz CT molecular complexity index is 379. The topological polar surface area (TPSA) is 57.5 Å². The van der Waals surface area contributed by atoms with Gasteiger partial charge in [0, 0.05) is 12.7 Å². The van der Waals surface area contributed by atoms with Crippen molar-refractivity contribution in [3.63, 3.8) is 0 Å². The van der Waals surface area contributed by atoms with Gasteiger partial charge in [-0.1, -0.05) is 30.0 Å². The summed E-state index contributed by atoms with van der Waals surface area (Å²) in [7, 11) is 0. The summed E-state index contributed by atoms with van der Waals surface area (Å²) in [6.45, 7) is 1.53. The number of benzene rings is 1. The summed E-state index contributed by atoms with van der Waals surface area (Å²) in [5.41, 5.74) is 0.412. The highest BCUT2D eigenvalue weighted by Gasteiger charge is 2.01. The molecule has 0 unspecified atom stereocenters. The quantitative estimate of drug-likeness (QED) is 0.792. The Balaban J connectivity index is 2.53. The Morgan fingerprint density at radius 2 is 2.00 bits per heavy atom. The maximum Gasteiger partial charge on any atom is 0.185 e. The molecule has 2 N–H and O–H groups in total. The third kappa shape index (κ3) is 3.98. The van der Waals surface area contributed by atoms with Gasteiger partial charge in [0.15, 0.2) is 5.12 Å². The minimum atomic E-state index is 0.0514. The van der Waals surface area contributed by atoms with Crippen LogP contribution in [0.1, 0.15) is 18.9 Å². The van der Waals surface area contributed by atoms with Crippen LogP contribution in [0.3, 0.4) is 0 Å². The second kappa shape index (κ2) is 6.23. The van der Waals surface area contributed by atoms with Gasteiger partial charge in [0.2, 0.25) is 0 Å². The number of phenols is 2. The van der Waals surface area contributed by atoms with Gasteiger partial charge < -0.3 is 10.2 Å². The summed E-state index contributed by atoms with van der Waals surface area (Å²) in [5, 5.41) is 19.0. The summed E-state index contributed by atoms with van der Waals surface area (Å²) in [5.74, 6) is 0.811. The predicted octanol–water partition coefficient (Wildman–Crippen LogP) is 2.78. The maximum atomic E-state index is 10.6. The molecule has 0 radical (unpaired) electrons. The first-order valence-electron chi connectivity index (χ1n) is 4.92. The number of hydrogen-bond acceptors (Lipinski definition) is 4. The van der Waals surface area contributed by atoms with Crippen molar-refractivity contribution < 1.29 is 15.0 Å². The first-order valence-corrected chi connectivity index (χ1v) is 5.90. The highest BCUT2D eigenvalue weighted by Crippen LogP contribution is 2.27. The third-order valence-corrected chi connectivity index (χ3v) is 2.78. The molecule has 1 rings (SSSR count). The van der Waals surface area contributed by atoms with E-state index in [4.69, 9.17) is 0 Å². The molecule has 0 atom stereocenters. The van der Waals surface area contributed by atoms with Crippen LogP contribution in [0.2, 0.25) is 0 Å². The minimum absolute atomic E-state index is 0.0514. The van der Waals surface area contributed by atoms with E-state index < -0.39 is 0 Å². The summed E-state index contributed by atoms with van der Waals surface area (Å²) in [6, 6.07) is 4.61. The molecule has 0 aliphatic heterocycles. The van der Waals surface area contributed by atoms with Crippen molar-refractivity contribution in [2.24, 2.45) is 0 Å². The fourth-order valence-corrected chi connectivity index (χ4v) is 1.73. The van der Waals surface area contributed by atoms with E-state index in [0.717, 1.165) is 6.42 Å². The van der Waals surface area contributed by atoms with Crippen LogP contribution in [0.25, 0.3) is 6.08 Å². The average Bonchev–Trinajstić information content (AvgIpc) is 2.21. The van der Waals surface area contributed by atoms with E-state index in [1.807, 2.05) is 6.08 Å². The Morgan fingerprint density at radius 3 is 2.56 bits per heavy atom. The lowest BCUT2D eigenvalue weighted by atomic mass is 10.1. The average molecular weight is 238 g/mol. The Labute approximate surface area is 98.8 Å². The van der Waals surface area contributed by atoms with E-state index in [-0.39, 0.29) is 16.6 Å². The zero-order chi connectivity index (χ0) is 12.0. The van der Waals surface area contributed by atoms with E-state index in [1.165, 1.54) is 30.8 Å². The Kier molecular flexibility index (Phi) is 4.92. The number of rotatable bonds is 4. The van der Waals surface area contributed by atoms with Gasteiger partial charge in [0.1, 0.15) is 11.5 Å². The van der Waals surface area contributed by atoms with E-state index in [9.17, 15) is 15.0 Å². The summed E-state index contributed by atoms with van der Waals surface area (Å²) in [6.07, 6.45) is 4.20. The molecule has 4 heteroatoms. The molecule has 1 aromatic rings. The van der Waals surface area contributed by atoms with E-state index in [2.05, 4.69) is 0 Å². The molecule has 1 aromatic carbocycles. The van der Waals surface area contributed by atoms with Gasteiger partial charge in [-0.05, 0) is 18.6 Å². The molecule has 0 aliphatic carbocycles. The lowest BCUT2D eigenvalue weighted by Gasteiger charge is -2.01. The standard InChI is InChI=1S/C12H14O3S/c1-9(13)16-8-3-2-5-10-11(14)6-4-7-12(10)15/h2,4-7,14-15H,3,8H2,1H3. The van der Waals surface area contributed by atoms with Crippen LogP contribution in [-0.2, 0) is 4.79 Å². The van der Waals surface area contributed by atoms with Crippen molar-refractivity contribution in [2.45, 2.75) is 13.3 Å². The Hall–Kier alpha value is -1.42. The van der Waals surface area contributed by atoms with Crippen LogP contribution in [0.15, 0.2) is 24.3 Å². The molecule has 0 spiro atoms. The zero-order valence-electron chi connectivity index (χ0n) is 9.01. The first kappa shape index (κ1) is 12.6. The maximum absolute atomic E-state index is 10.6. The molecule has 0 bridgehead atoms. The van der Waals surface area contributed by atoms with Gasteiger partial charge in [0.25, 0.3) is 0 Å². The molecule has 0 aromatic heterocycles. The van der Waals surface area contributed by atoms with Crippen LogP contribution in [0.5, 0.6) is 11.5 Å². The molecule has 86 valence electrons. The molecule has 3 nitrogen and oxygen atoms in total. The van der Waals surface area contributed by atoms with Crippen molar-refractivity contribution in [1.29, 1.82) is 0 Å². The number of thioether (sulfide) groups is 1. The lowest BCUT2D eigenvalue weighted by Crippen LogP contribution is -1.83. The number of hydrogen-bond donors (Lipinski definition) is 2. The van der Waals surface area contributed by atoms with Crippen molar-refractivity contribution in [1.82, 2.24) is 0 Å². The normalized spacial score (nSPS) is 10.8. The van der Waals surface area contributed by atoms with Crippen LogP contribution >= 0.6 is 11.8 Å². The number of allylic oxidation sites excluding steroid dienone is 1. The molecule has 0 saturated heterocycles. The van der Waals surface area contributed by atoms with Crippen molar-refractivity contribution in [3.05, 3.63) is 29.8 Å². The Morgan fingerprint density at radius 1 is 1.38 bits per heavy atom. The van der Waals surface area contributed by atoms with Gasteiger partial charge in [-0.2, -0.15) is 0 Å². The third-order valence-electron chi connectivity index (χ3n) is 1.93. The molecule has 0 heterocycles. The fourth-order valence-electron chi connectivity index (χ4n) is 1.18. The number of aromatic hydroxyl groups is 2. The van der Waals surface area contributed by atoms with Crippen LogP contribution in [0.4, 0.5) is 0 Å². The molecule has 0 saturated carbocycles. The number of phenolic OH excluding ortho intramolecular Hbond substituents is 2. The summed E-state index contributed by atoms with van der Waals surface area (Å²) in [4.78, 5) is 10.6. The van der Waals surface area contributed by atoms with Crippen LogP contribution < -0.4 is 0 Å². The molecule has 16 heavy (non-hydrogen) atoms. The van der Waals surface area contributed by atoms with Gasteiger partial charge in [-0.15, -0.1) is 0 Å². The monoisotopic (exact) mass is 238 g/mol. The molecule has 0 aliphatic rings. The largest absolute Gasteiger partial charge is 0.507 e. The number of carbonyl (C=O) groups excluding carboxylic acids is 1. The number of carbonyl (C=O) groups is 1. The van der Waals surface area contributed by atoms with E-state index >= 15 is 0 Å². The van der Waals surface area contributed by atoms with Gasteiger partial charge in [0.05, 0.1) is 5.56 Å². The smallest absolute Gasteiger partial charge is 0.185 e. The molecular weight excluding hydrogens is 224 g/mol. The molecule has 0 fully saturated rings. The zero-order valence-corrected chi connectivity index (χ0v) is 9.83. The van der Waals surface area contributed by atoms with Gasteiger partial charge >= 0.3 is 0 Å². The minimum Gasteiger partial charge on any atom is -0.507 e. The summed E-state index contributed by atoms with van der Waals surface area (Å²) < 4.78 is 0. The van der Waals surface area contributed by atoms with Crippen molar-refractivity contribution in [3.8, 4) is 11.5 Å². The van der Waals surface area contributed by atoms with E-state index in [0.29, 0.717) is 11.3 Å². The van der Waals surface area contributed by atoms with Crippen molar-refractivity contribution >= 4 is 23.0 Å². The van der Waals surface area contributed by atoms with Gasteiger partial charge in [-0.25, -0.2) is 0 Å². The first-order chi connectivity index (χ1) is 7.61.